The van der Waals surface area contributed by atoms with Crippen molar-refractivity contribution < 1.29 is 14.9 Å². The molecule has 0 amide bonds. The summed E-state index contributed by atoms with van der Waals surface area (Å²) in [6.07, 6.45) is 1.19. The topological polar surface area (TPSA) is 0 Å². The van der Waals surface area contributed by atoms with Gasteiger partial charge in [-0.05, 0) is 12.3 Å². The molecule has 3 aromatic rings. The quantitative estimate of drug-likeness (QED) is 0.193. The molecule has 0 aliphatic rings. The van der Waals surface area contributed by atoms with Crippen LogP contribution in [0.1, 0.15) is 47.2 Å². The number of benzene rings is 1. The average molecular weight is 652 g/mol. The number of rotatable bonds is 2. The summed E-state index contributed by atoms with van der Waals surface area (Å²) in [6.45, 7) is 15.5. The van der Waals surface area contributed by atoms with E-state index in [1.807, 2.05) is 0 Å². The second-order valence-corrected chi connectivity index (χ2v) is 26.2. The predicted molar refractivity (Wildman–Crippen MR) is 132 cm³/mol. The SMILES string of the molecule is CC(C)Cc1cc2ccccc2[cH-]1.Cc1c(C)c(C)[c-](C)c1C.[I][Zr+2][I]. The summed E-state index contributed by atoms with van der Waals surface area (Å²) in [6, 6.07) is 13.2. The first kappa shape index (κ1) is 24.6. The first-order chi connectivity index (χ1) is 12.2. The first-order valence-corrected chi connectivity index (χ1v) is 23.6. The molecule has 0 aliphatic carbocycles. The molecule has 3 rings (SSSR count). The van der Waals surface area contributed by atoms with E-state index in [4.69, 9.17) is 0 Å². The van der Waals surface area contributed by atoms with Crippen molar-refractivity contribution in [2.45, 2.75) is 54.9 Å². The van der Waals surface area contributed by atoms with E-state index >= 15 is 0 Å². The van der Waals surface area contributed by atoms with Gasteiger partial charge in [-0.3, -0.25) is 0 Å². The Morgan fingerprint density at radius 3 is 1.88 bits per heavy atom. The van der Waals surface area contributed by atoms with Crippen molar-refractivity contribution >= 4 is 46.9 Å². The molecule has 0 bridgehead atoms. The van der Waals surface area contributed by atoms with Crippen LogP contribution in [0.5, 0.6) is 0 Å². The molecule has 0 saturated carbocycles. The van der Waals surface area contributed by atoms with Crippen molar-refractivity contribution in [1.29, 1.82) is 0 Å². The third-order valence-corrected chi connectivity index (χ3v) is 5.13. The molecule has 0 unspecified atom stereocenters. The van der Waals surface area contributed by atoms with E-state index in [1.54, 1.807) is 0 Å². The zero-order valence-corrected chi connectivity index (χ0v) is 23.8. The summed E-state index contributed by atoms with van der Waals surface area (Å²) in [5.74, 6) is 0.747. The Hall–Kier alpha value is 0.523. The molecule has 0 fully saturated rings. The summed E-state index contributed by atoms with van der Waals surface area (Å²) in [5.41, 5.74) is 8.81. The van der Waals surface area contributed by atoms with Gasteiger partial charge in [0, 0.05) is 0 Å². The van der Waals surface area contributed by atoms with Crippen LogP contribution in [0.3, 0.4) is 0 Å². The van der Waals surface area contributed by atoms with Crippen molar-refractivity contribution in [3.05, 3.63) is 69.8 Å². The van der Waals surface area contributed by atoms with Crippen LogP contribution in [0.4, 0.5) is 0 Å². The van der Waals surface area contributed by atoms with Crippen molar-refractivity contribution in [2.75, 3.05) is 0 Å². The first-order valence-electron chi connectivity index (χ1n) is 9.03. The normalized spacial score (nSPS) is 10.1. The molecular formula is C23H30I2Zr. The Morgan fingerprint density at radius 2 is 1.50 bits per heavy atom. The van der Waals surface area contributed by atoms with Gasteiger partial charge >= 0.3 is 50.9 Å². The second kappa shape index (κ2) is 12.2. The molecule has 26 heavy (non-hydrogen) atoms. The maximum absolute atomic E-state index is 2.45. The van der Waals surface area contributed by atoms with Crippen LogP contribution >= 0.6 is 36.1 Å². The Labute approximate surface area is 190 Å². The maximum atomic E-state index is 2.45. The van der Waals surface area contributed by atoms with Crippen LogP contribution < -0.4 is 0 Å². The van der Waals surface area contributed by atoms with E-state index in [0.717, 1.165) is 5.92 Å². The number of hydrogen-bond acceptors (Lipinski definition) is 0. The van der Waals surface area contributed by atoms with Gasteiger partial charge in [-0.1, -0.05) is 54.5 Å². The van der Waals surface area contributed by atoms with E-state index in [0.29, 0.717) is 0 Å². The number of fused-ring (bicyclic) bond motifs is 1. The standard InChI is InChI=1S/C13H15.C10H15.2HI.Zr/c1-10(2)7-11-8-12-5-3-4-6-13(12)9-11;1-6-7(2)9(4)10(5)8(6)3;;;/h3-6,8-10H,7H2,1-2H3;1-5H3;2*1H;/q2*-1;;;+4/p-2. The van der Waals surface area contributed by atoms with Crippen LogP contribution in [-0.4, -0.2) is 0 Å². The van der Waals surface area contributed by atoms with Crippen LogP contribution in [0.15, 0.2) is 36.4 Å². The minimum atomic E-state index is 0.170. The monoisotopic (exact) mass is 650 g/mol. The predicted octanol–water partition coefficient (Wildman–Crippen LogP) is 8.47. The summed E-state index contributed by atoms with van der Waals surface area (Å²) < 4.78 is 0. The Balaban J connectivity index is 0.000000233. The van der Waals surface area contributed by atoms with Gasteiger partial charge < -0.3 is 0 Å². The molecule has 0 aromatic heterocycles. The third-order valence-electron chi connectivity index (χ3n) is 5.13. The molecule has 0 radical (unpaired) electrons. The second-order valence-electron chi connectivity index (χ2n) is 7.29. The van der Waals surface area contributed by atoms with Crippen LogP contribution in [0, 0.1) is 40.5 Å². The van der Waals surface area contributed by atoms with Gasteiger partial charge in [0.25, 0.3) is 0 Å². The summed E-state index contributed by atoms with van der Waals surface area (Å²) in [4.78, 5) is 0. The van der Waals surface area contributed by atoms with E-state index in [-0.39, 0.29) is 14.9 Å². The molecule has 0 aliphatic heterocycles. The van der Waals surface area contributed by atoms with E-state index in [9.17, 15) is 0 Å². The fourth-order valence-corrected chi connectivity index (χ4v) is 3.21. The van der Waals surface area contributed by atoms with Crippen molar-refractivity contribution in [1.82, 2.24) is 0 Å². The zero-order chi connectivity index (χ0) is 19.9. The van der Waals surface area contributed by atoms with Crippen LogP contribution in [0.25, 0.3) is 10.8 Å². The van der Waals surface area contributed by atoms with Crippen molar-refractivity contribution in [3.63, 3.8) is 0 Å². The molecule has 3 aromatic carbocycles. The van der Waals surface area contributed by atoms with Gasteiger partial charge in [-0.25, -0.2) is 0 Å². The fourth-order valence-electron chi connectivity index (χ4n) is 3.21. The molecule has 0 N–H and O–H groups in total. The molecule has 3 heteroatoms. The molecule has 0 saturated heterocycles. The van der Waals surface area contributed by atoms with Crippen molar-refractivity contribution in [3.8, 4) is 0 Å². The Morgan fingerprint density at radius 1 is 1.00 bits per heavy atom. The molecular weight excluding hydrogens is 621 g/mol. The molecule has 0 nitrogen and oxygen atoms in total. The number of hydrogen-bond donors (Lipinski definition) is 0. The van der Waals surface area contributed by atoms with Gasteiger partial charge in [0.05, 0.1) is 0 Å². The minimum absolute atomic E-state index is 0.170. The van der Waals surface area contributed by atoms with E-state index < -0.39 is 0 Å². The molecule has 0 spiro atoms. The van der Waals surface area contributed by atoms with E-state index in [2.05, 4.69) is 121 Å². The summed E-state index contributed by atoms with van der Waals surface area (Å²) in [5, 5.41) is 2.75. The summed E-state index contributed by atoms with van der Waals surface area (Å²) >= 11 is 5.06. The van der Waals surface area contributed by atoms with E-state index in [1.165, 1.54) is 50.6 Å². The zero-order valence-electron chi connectivity index (χ0n) is 17.0. The fraction of sp³-hybridized carbons (Fsp3) is 0.391. The number of halogens is 2. The van der Waals surface area contributed by atoms with Gasteiger partial charge in [-0.15, -0.1) is 40.6 Å². The molecule has 0 atom stereocenters. The van der Waals surface area contributed by atoms with Crippen LogP contribution in [0.2, 0.25) is 0 Å². The van der Waals surface area contributed by atoms with Crippen LogP contribution in [-0.2, 0) is 21.3 Å². The summed E-state index contributed by atoms with van der Waals surface area (Å²) in [7, 11) is 0. The van der Waals surface area contributed by atoms with Gasteiger partial charge in [0.1, 0.15) is 0 Å². The molecule has 140 valence electrons. The van der Waals surface area contributed by atoms with Gasteiger partial charge in [-0.2, -0.15) is 33.9 Å². The Kier molecular flexibility index (Phi) is 11.5. The Bertz CT molecular complexity index is 696. The van der Waals surface area contributed by atoms with Gasteiger partial charge in [0.2, 0.25) is 0 Å². The van der Waals surface area contributed by atoms with Gasteiger partial charge in [0.15, 0.2) is 0 Å². The van der Waals surface area contributed by atoms with Crippen molar-refractivity contribution in [2.24, 2.45) is 5.92 Å². The molecule has 0 heterocycles. The average Bonchev–Trinajstić information content (AvgIpc) is 3.07. The third kappa shape index (κ3) is 7.16.